The van der Waals surface area contributed by atoms with E-state index in [0.29, 0.717) is 0 Å². The predicted octanol–water partition coefficient (Wildman–Crippen LogP) is 2.12. The number of nitrogens with zero attached hydrogens (tertiary/aromatic N) is 2. The van der Waals surface area contributed by atoms with Crippen molar-refractivity contribution in [1.29, 1.82) is 0 Å². The Morgan fingerprint density at radius 2 is 1.38 bits per heavy atom. The van der Waals surface area contributed by atoms with Crippen molar-refractivity contribution in [3.8, 4) is 0 Å². The van der Waals surface area contributed by atoms with Crippen LogP contribution in [0.3, 0.4) is 0 Å². The first-order valence-electron chi connectivity index (χ1n) is 9.20. The molecule has 0 radical (unpaired) electrons. The van der Waals surface area contributed by atoms with Gasteiger partial charge in [-0.15, -0.1) is 0 Å². The molecule has 2 aliphatic heterocycles. The maximum absolute atomic E-state index is 6.13. The summed E-state index contributed by atoms with van der Waals surface area (Å²) in [6.45, 7) is 17.5. The van der Waals surface area contributed by atoms with Crippen molar-refractivity contribution in [2.24, 2.45) is 0 Å². The molecule has 24 heavy (non-hydrogen) atoms. The van der Waals surface area contributed by atoms with E-state index in [0.717, 1.165) is 31.6 Å². The highest BCUT2D eigenvalue weighted by Gasteiger charge is 2.51. The van der Waals surface area contributed by atoms with E-state index in [1.807, 2.05) is 0 Å². The largest absolute Gasteiger partial charge is 0.494 e. The highest BCUT2D eigenvalue weighted by atomic mass is 16.7. The number of likely N-dealkylation sites (N-methyl/N-ethyl adjacent to an activating group) is 1. The first kappa shape index (κ1) is 17.9. The summed E-state index contributed by atoms with van der Waals surface area (Å²) >= 11 is 0. The van der Waals surface area contributed by atoms with Crippen LogP contribution in [0.4, 0.5) is 0 Å². The van der Waals surface area contributed by atoms with Crippen molar-refractivity contribution in [1.82, 2.24) is 9.80 Å². The highest BCUT2D eigenvalue weighted by Crippen LogP contribution is 2.36. The zero-order chi connectivity index (χ0) is 17.4. The summed E-state index contributed by atoms with van der Waals surface area (Å²) < 4.78 is 12.3. The average molecular weight is 330 g/mol. The second-order valence-electron chi connectivity index (χ2n) is 8.04. The van der Waals surface area contributed by atoms with Crippen LogP contribution in [0.2, 0.25) is 0 Å². The summed E-state index contributed by atoms with van der Waals surface area (Å²) in [6, 6.07) is 8.73. The zero-order valence-electron chi connectivity index (χ0n) is 15.8. The molecule has 0 saturated carbocycles. The Morgan fingerprint density at radius 1 is 0.875 bits per heavy atom. The second kappa shape index (κ2) is 6.79. The molecule has 2 aliphatic rings. The van der Waals surface area contributed by atoms with Gasteiger partial charge < -0.3 is 14.2 Å². The minimum absolute atomic E-state index is 0.267. The van der Waals surface area contributed by atoms with Crippen LogP contribution in [-0.2, 0) is 15.9 Å². The van der Waals surface area contributed by atoms with Gasteiger partial charge in [0.2, 0.25) is 0 Å². The summed E-state index contributed by atoms with van der Waals surface area (Å²) in [6.07, 6.45) is 0. The van der Waals surface area contributed by atoms with Gasteiger partial charge >= 0.3 is 7.12 Å². The van der Waals surface area contributed by atoms with Crippen molar-refractivity contribution in [3.63, 3.8) is 0 Å². The molecule has 2 fully saturated rings. The van der Waals surface area contributed by atoms with Crippen molar-refractivity contribution in [2.75, 3.05) is 32.7 Å². The highest BCUT2D eigenvalue weighted by molar-refractivity contribution is 6.62. The molecule has 0 atom stereocenters. The minimum atomic E-state index is -0.282. The molecule has 0 N–H and O–H groups in total. The average Bonchev–Trinajstić information content (AvgIpc) is 2.77. The third-order valence-electron chi connectivity index (χ3n) is 5.82. The van der Waals surface area contributed by atoms with E-state index in [2.05, 4.69) is 68.7 Å². The summed E-state index contributed by atoms with van der Waals surface area (Å²) in [4.78, 5) is 5.05. The SMILES string of the molecule is CCN1CCN(Cc2ccc(B3OC(C)(C)C(C)(C)O3)cc2)CC1. The fraction of sp³-hybridized carbons (Fsp3) is 0.684. The van der Waals surface area contributed by atoms with E-state index < -0.39 is 0 Å². The number of piperazine rings is 1. The van der Waals surface area contributed by atoms with E-state index in [9.17, 15) is 0 Å². The molecule has 0 unspecified atom stereocenters. The lowest BCUT2D eigenvalue weighted by Crippen LogP contribution is -2.45. The molecule has 4 nitrogen and oxygen atoms in total. The van der Waals surface area contributed by atoms with E-state index in [-0.39, 0.29) is 18.3 Å². The van der Waals surface area contributed by atoms with Crippen LogP contribution in [-0.4, -0.2) is 60.8 Å². The van der Waals surface area contributed by atoms with Gasteiger partial charge in [0.1, 0.15) is 0 Å². The van der Waals surface area contributed by atoms with Gasteiger partial charge in [-0.25, -0.2) is 0 Å². The Balaban J connectivity index is 1.59. The molecule has 2 saturated heterocycles. The summed E-state index contributed by atoms with van der Waals surface area (Å²) in [5, 5.41) is 0. The lowest BCUT2D eigenvalue weighted by Gasteiger charge is -2.34. The minimum Gasteiger partial charge on any atom is -0.399 e. The zero-order valence-corrected chi connectivity index (χ0v) is 15.8. The van der Waals surface area contributed by atoms with Crippen LogP contribution in [0.1, 0.15) is 40.2 Å². The smallest absolute Gasteiger partial charge is 0.399 e. The van der Waals surface area contributed by atoms with Crippen LogP contribution < -0.4 is 5.46 Å². The van der Waals surface area contributed by atoms with Crippen LogP contribution >= 0.6 is 0 Å². The Hall–Kier alpha value is -0.875. The van der Waals surface area contributed by atoms with Gasteiger partial charge in [0.25, 0.3) is 0 Å². The van der Waals surface area contributed by atoms with Gasteiger partial charge in [-0.3, -0.25) is 4.90 Å². The Morgan fingerprint density at radius 3 is 1.88 bits per heavy atom. The van der Waals surface area contributed by atoms with E-state index >= 15 is 0 Å². The van der Waals surface area contributed by atoms with Gasteiger partial charge in [-0.2, -0.15) is 0 Å². The molecule has 1 aromatic carbocycles. The maximum atomic E-state index is 6.13. The van der Waals surface area contributed by atoms with Gasteiger partial charge in [0, 0.05) is 32.7 Å². The van der Waals surface area contributed by atoms with Crippen molar-refractivity contribution in [3.05, 3.63) is 29.8 Å². The fourth-order valence-electron chi connectivity index (χ4n) is 3.28. The first-order chi connectivity index (χ1) is 11.3. The summed E-state index contributed by atoms with van der Waals surface area (Å²) in [7, 11) is -0.267. The Labute approximate surface area is 147 Å². The number of hydrogen-bond acceptors (Lipinski definition) is 4. The summed E-state index contributed by atoms with van der Waals surface area (Å²) in [5.41, 5.74) is 1.90. The predicted molar refractivity (Wildman–Crippen MR) is 99.5 cm³/mol. The monoisotopic (exact) mass is 330 g/mol. The van der Waals surface area contributed by atoms with Crippen molar-refractivity contribution < 1.29 is 9.31 Å². The maximum Gasteiger partial charge on any atom is 0.494 e. The van der Waals surface area contributed by atoms with Gasteiger partial charge in [0.05, 0.1) is 11.2 Å². The third kappa shape index (κ3) is 3.69. The van der Waals surface area contributed by atoms with Gasteiger partial charge in [0.15, 0.2) is 0 Å². The van der Waals surface area contributed by atoms with E-state index in [1.165, 1.54) is 18.7 Å². The molecular formula is C19H31BN2O2. The number of benzene rings is 1. The third-order valence-corrected chi connectivity index (χ3v) is 5.82. The van der Waals surface area contributed by atoms with Crippen LogP contribution in [0, 0.1) is 0 Å². The van der Waals surface area contributed by atoms with Crippen molar-refractivity contribution in [2.45, 2.75) is 52.4 Å². The lowest BCUT2D eigenvalue weighted by molar-refractivity contribution is 0.00578. The molecule has 0 amide bonds. The van der Waals surface area contributed by atoms with Crippen LogP contribution in [0.5, 0.6) is 0 Å². The topological polar surface area (TPSA) is 24.9 Å². The number of hydrogen-bond donors (Lipinski definition) is 0. The Kier molecular flexibility index (Phi) is 5.08. The lowest BCUT2D eigenvalue weighted by atomic mass is 9.79. The molecule has 132 valence electrons. The summed E-state index contributed by atoms with van der Waals surface area (Å²) in [5.74, 6) is 0. The molecule has 3 rings (SSSR count). The second-order valence-corrected chi connectivity index (χ2v) is 8.04. The first-order valence-corrected chi connectivity index (χ1v) is 9.20. The molecule has 0 aliphatic carbocycles. The molecule has 0 aromatic heterocycles. The molecule has 2 heterocycles. The Bertz CT molecular complexity index is 535. The normalized spacial score (nSPS) is 24.5. The van der Waals surface area contributed by atoms with Gasteiger partial charge in [-0.05, 0) is 45.3 Å². The molecule has 1 aromatic rings. The molecule has 0 bridgehead atoms. The van der Waals surface area contributed by atoms with Gasteiger partial charge in [-0.1, -0.05) is 31.2 Å². The van der Waals surface area contributed by atoms with E-state index in [1.54, 1.807) is 0 Å². The quantitative estimate of drug-likeness (QED) is 0.790. The molecule has 0 spiro atoms. The number of rotatable bonds is 4. The molecule has 5 heteroatoms. The van der Waals surface area contributed by atoms with E-state index in [4.69, 9.17) is 9.31 Å². The standard InChI is InChI=1S/C19H31BN2O2/c1-6-21-11-13-22(14-12-21)15-16-7-9-17(10-8-16)20-23-18(2,3)19(4,5)24-20/h7-10H,6,11-15H2,1-5H3. The van der Waals surface area contributed by atoms with Crippen molar-refractivity contribution >= 4 is 12.6 Å². The fourth-order valence-corrected chi connectivity index (χ4v) is 3.28. The molecular weight excluding hydrogens is 299 g/mol. The van der Waals surface area contributed by atoms with Crippen LogP contribution in [0.25, 0.3) is 0 Å². The van der Waals surface area contributed by atoms with Crippen LogP contribution in [0.15, 0.2) is 24.3 Å².